The Labute approximate surface area is 178 Å². The molecule has 7 heteroatoms. The fraction of sp³-hybridized carbons (Fsp3) is 0.565. The first kappa shape index (κ1) is 20.7. The minimum atomic E-state index is 0.285. The molecular weight excluding hydrogens is 376 g/mol. The van der Waals surface area contributed by atoms with Gasteiger partial charge in [0.05, 0.1) is 6.20 Å². The van der Waals surface area contributed by atoms with Gasteiger partial charge in [-0.2, -0.15) is 0 Å². The largest absolute Gasteiger partial charge is 0.342 e. The summed E-state index contributed by atoms with van der Waals surface area (Å²) in [6.45, 7) is 7.24. The molecule has 0 saturated carbocycles. The van der Waals surface area contributed by atoms with Crippen LogP contribution in [-0.4, -0.2) is 63.4 Å². The number of hydrogen-bond donors (Lipinski definition) is 1. The van der Waals surface area contributed by atoms with Crippen molar-refractivity contribution < 1.29 is 4.79 Å². The Kier molecular flexibility index (Phi) is 6.89. The molecule has 4 heterocycles. The first-order valence-corrected chi connectivity index (χ1v) is 11.2. The lowest BCUT2D eigenvalue weighted by atomic mass is 9.91. The van der Waals surface area contributed by atoms with E-state index in [-0.39, 0.29) is 5.92 Å². The average Bonchev–Trinajstić information content (AvgIpc) is 2.80. The van der Waals surface area contributed by atoms with Gasteiger partial charge in [0, 0.05) is 43.5 Å². The number of amides is 1. The molecular formula is C23H32N6O. The molecule has 4 rings (SSSR count). The van der Waals surface area contributed by atoms with Crippen LogP contribution in [0.1, 0.15) is 50.6 Å². The van der Waals surface area contributed by atoms with Crippen LogP contribution in [0.25, 0.3) is 0 Å². The highest BCUT2D eigenvalue weighted by molar-refractivity contribution is 5.76. The Morgan fingerprint density at radius 1 is 1.13 bits per heavy atom. The molecule has 2 aromatic heterocycles. The van der Waals surface area contributed by atoms with Gasteiger partial charge in [0.15, 0.2) is 0 Å². The molecule has 0 spiro atoms. The Balaban J connectivity index is 1.34. The van der Waals surface area contributed by atoms with Gasteiger partial charge in [-0.25, -0.2) is 9.97 Å². The van der Waals surface area contributed by atoms with Gasteiger partial charge < -0.3 is 15.1 Å². The summed E-state index contributed by atoms with van der Waals surface area (Å²) < 4.78 is 0. The SMILES string of the molecule is CCN1CCC(CC(=O)N2CCC[C@@H](c3cccc(Nc4cnccn4)n3)C2)CC1. The van der Waals surface area contributed by atoms with Gasteiger partial charge in [-0.05, 0) is 63.4 Å². The maximum absolute atomic E-state index is 13.0. The van der Waals surface area contributed by atoms with Crippen molar-refractivity contribution in [1.29, 1.82) is 0 Å². The molecule has 2 fully saturated rings. The number of pyridine rings is 1. The smallest absolute Gasteiger partial charge is 0.222 e. The molecule has 1 N–H and O–H groups in total. The lowest BCUT2D eigenvalue weighted by Gasteiger charge is -2.35. The molecule has 0 aromatic carbocycles. The minimum absolute atomic E-state index is 0.285. The monoisotopic (exact) mass is 408 g/mol. The third-order valence-corrected chi connectivity index (χ3v) is 6.40. The topological polar surface area (TPSA) is 74.2 Å². The van der Waals surface area contributed by atoms with E-state index in [4.69, 9.17) is 4.98 Å². The molecule has 30 heavy (non-hydrogen) atoms. The van der Waals surface area contributed by atoms with E-state index in [0.717, 1.165) is 69.9 Å². The normalized spacial score (nSPS) is 20.8. The second kappa shape index (κ2) is 9.98. The van der Waals surface area contributed by atoms with Crippen LogP contribution < -0.4 is 5.32 Å². The van der Waals surface area contributed by atoms with Crippen LogP contribution in [0.15, 0.2) is 36.8 Å². The van der Waals surface area contributed by atoms with Crippen molar-refractivity contribution in [3.8, 4) is 0 Å². The quantitative estimate of drug-likeness (QED) is 0.789. The van der Waals surface area contributed by atoms with Crippen molar-refractivity contribution in [2.75, 3.05) is 38.0 Å². The molecule has 160 valence electrons. The first-order valence-electron chi connectivity index (χ1n) is 11.2. The first-order chi connectivity index (χ1) is 14.7. The third kappa shape index (κ3) is 5.33. The summed E-state index contributed by atoms with van der Waals surface area (Å²) in [5.41, 5.74) is 1.04. The number of nitrogens with zero attached hydrogens (tertiary/aromatic N) is 5. The van der Waals surface area contributed by atoms with Crippen molar-refractivity contribution in [1.82, 2.24) is 24.8 Å². The van der Waals surface area contributed by atoms with E-state index in [9.17, 15) is 4.79 Å². The van der Waals surface area contributed by atoms with Crippen LogP contribution in [0.2, 0.25) is 0 Å². The molecule has 0 bridgehead atoms. The van der Waals surface area contributed by atoms with Crippen LogP contribution in [-0.2, 0) is 4.79 Å². The molecule has 0 aliphatic carbocycles. The van der Waals surface area contributed by atoms with Crippen molar-refractivity contribution in [2.24, 2.45) is 5.92 Å². The number of nitrogens with one attached hydrogen (secondary N) is 1. The van der Waals surface area contributed by atoms with Crippen molar-refractivity contribution in [3.05, 3.63) is 42.5 Å². The summed E-state index contributed by atoms with van der Waals surface area (Å²) in [7, 11) is 0. The maximum atomic E-state index is 13.0. The molecule has 1 amide bonds. The van der Waals surface area contributed by atoms with E-state index >= 15 is 0 Å². The zero-order chi connectivity index (χ0) is 20.8. The van der Waals surface area contributed by atoms with Gasteiger partial charge in [-0.15, -0.1) is 0 Å². The number of carbonyl (C=O) groups is 1. The number of aromatic nitrogens is 3. The fourth-order valence-corrected chi connectivity index (χ4v) is 4.57. The van der Waals surface area contributed by atoms with Crippen LogP contribution >= 0.6 is 0 Å². The van der Waals surface area contributed by atoms with E-state index in [1.165, 1.54) is 0 Å². The number of anilines is 2. The summed E-state index contributed by atoms with van der Waals surface area (Å²) in [5.74, 6) is 2.59. The second-order valence-electron chi connectivity index (χ2n) is 8.42. The van der Waals surface area contributed by atoms with Gasteiger partial charge in [0.2, 0.25) is 5.91 Å². The Hall–Kier alpha value is -2.54. The molecule has 0 radical (unpaired) electrons. The van der Waals surface area contributed by atoms with E-state index in [2.05, 4.69) is 38.1 Å². The summed E-state index contributed by atoms with van der Waals surface area (Å²) in [6, 6.07) is 6.02. The summed E-state index contributed by atoms with van der Waals surface area (Å²) in [5, 5.41) is 3.21. The van der Waals surface area contributed by atoms with Crippen molar-refractivity contribution in [3.63, 3.8) is 0 Å². The zero-order valence-corrected chi connectivity index (χ0v) is 17.8. The van der Waals surface area contributed by atoms with E-state index < -0.39 is 0 Å². The van der Waals surface area contributed by atoms with Gasteiger partial charge in [0.1, 0.15) is 11.6 Å². The second-order valence-corrected chi connectivity index (χ2v) is 8.42. The molecule has 2 aliphatic heterocycles. The Morgan fingerprint density at radius 2 is 2.00 bits per heavy atom. The van der Waals surface area contributed by atoms with Crippen LogP contribution in [0.3, 0.4) is 0 Å². The van der Waals surface area contributed by atoms with Crippen molar-refractivity contribution in [2.45, 2.75) is 44.9 Å². The average molecular weight is 409 g/mol. The Bertz CT molecular complexity index is 821. The fourth-order valence-electron chi connectivity index (χ4n) is 4.57. The van der Waals surface area contributed by atoms with Gasteiger partial charge in [0.25, 0.3) is 0 Å². The zero-order valence-electron chi connectivity index (χ0n) is 17.8. The Morgan fingerprint density at radius 3 is 2.77 bits per heavy atom. The number of piperidine rings is 2. The van der Waals surface area contributed by atoms with Gasteiger partial charge >= 0.3 is 0 Å². The third-order valence-electron chi connectivity index (χ3n) is 6.40. The highest BCUT2D eigenvalue weighted by Gasteiger charge is 2.28. The molecule has 2 aromatic rings. The molecule has 2 aliphatic rings. The van der Waals surface area contributed by atoms with Crippen LogP contribution in [0.4, 0.5) is 11.6 Å². The number of hydrogen-bond acceptors (Lipinski definition) is 6. The summed E-state index contributed by atoms with van der Waals surface area (Å²) in [4.78, 5) is 30.6. The van der Waals surface area contributed by atoms with Gasteiger partial charge in [-0.1, -0.05) is 13.0 Å². The standard InChI is InChI=1S/C23H32N6O/c1-2-28-13-8-18(9-14-28)15-23(30)29-12-4-5-19(17-29)20-6-3-7-21(26-20)27-22-16-24-10-11-25-22/h3,6-7,10-11,16,18-19H,2,4-5,8-9,12-15,17H2,1H3,(H,25,26,27)/t19-/m1/s1. The number of carbonyl (C=O) groups excluding carboxylic acids is 1. The lowest BCUT2D eigenvalue weighted by Crippen LogP contribution is -2.41. The van der Waals surface area contributed by atoms with Gasteiger partial charge in [-0.3, -0.25) is 9.78 Å². The number of rotatable bonds is 6. The van der Waals surface area contributed by atoms with E-state index in [1.54, 1.807) is 18.6 Å². The van der Waals surface area contributed by atoms with E-state index in [1.807, 2.05) is 12.1 Å². The van der Waals surface area contributed by atoms with E-state index in [0.29, 0.717) is 24.1 Å². The lowest BCUT2D eigenvalue weighted by molar-refractivity contribution is -0.133. The molecule has 0 unspecified atom stereocenters. The minimum Gasteiger partial charge on any atom is -0.342 e. The summed E-state index contributed by atoms with van der Waals surface area (Å²) in [6.07, 6.45) is 10.1. The summed E-state index contributed by atoms with van der Waals surface area (Å²) >= 11 is 0. The number of likely N-dealkylation sites (tertiary alicyclic amines) is 2. The van der Waals surface area contributed by atoms with Crippen LogP contribution in [0, 0.1) is 5.92 Å². The highest BCUT2D eigenvalue weighted by atomic mass is 16.2. The molecule has 1 atom stereocenters. The predicted molar refractivity (Wildman–Crippen MR) is 118 cm³/mol. The van der Waals surface area contributed by atoms with Crippen LogP contribution in [0.5, 0.6) is 0 Å². The maximum Gasteiger partial charge on any atom is 0.222 e. The molecule has 7 nitrogen and oxygen atoms in total. The van der Waals surface area contributed by atoms with Crippen molar-refractivity contribution >= 4 is 17.5 Å². The molecule has 2 saturated heterocycles. The predicted octanol–water partition coefficient (Wildman–Crippen LogP) is 3.44. The highest BCUT2D eigenvalue weighted by Crippen LogP contribution is 2.29.